The number of ether oxygens (including phenoxy) is 3. The van der Waals surface area contributed by atoms with Crippen LogP contribution in [0.1, 0.15) is 56.9 Å². The van der Waals surface area contributed by atoms with E-state index in [4.69, 9.17) is 14.2 Å². The summed E-state index contributed by atoms with van der Waals surface area (Å²) in [5.74, 6) is 0. The molecule has 1 aromatic heterocycles. The molecular formula is C22H30N2O4S. The summed E-state index contributed by atoms with van der Waals surface area (Å²) >= 11 is 1.51. The summed E-state index contributed by atoms with van der Waals surface area (Å²) in [7, 11) is 0. The fourth-order valence-electron chi connectivity index (χ4n) is 3.31. The normalized spacial score (nSPS) is 19.9. The number of aromatic nitrogens is 1. The van der Waals surface area contributed by atoms with E-state index in [-0.39, 0.29) is 6.04 Å². The van der Waals surface area contributed by atoms with Crippen LogP contribution in [0.2, 0.25) is 0 Å². The third kappa shape index (κ3) is 5.35. The van der Waals surface area contributed by atoms with Crippen LogP contribution < -0.4 is 0 Å². The van der Waals surface area contributed by atoms with Crippen molar-refractivity contribution in [1.29, 1.82) is 0 Å². The molecule has 2 aromatic rings. The number of rotatable bonds is 5. The molecule has 3 rings (SSSR count). The minimum absolute atomic E-state index is 0.337. The molecule has 1 saturated heterocycles. The minimum atomic E-state index is -0.796. The Hall–Kier alpha value is -1.96. The van der Waals surface area contributed by atoms with Gasteiger partial charge in [-0.05, 0) is 47.1 Å². The quantitative estimate of drug-likeness (QED) is 0.677. The summed E-state index contributed by atoms with van der Waals surface area (Å²) in [6.45, 7) is 12.1. The second kappa shape index (κ2) is 8.42. The zero-order valence-electron chi connectivity index (χ0n) is 18.0. The first-order chi connectivity index (χ1) is 13.6. The highest BCUT2D eigenvalue weighted by atomic mass is 32.1. The van der Waals surface area contributed by atoms with Crippen LogP contribution in [0, 0.1) is 6.92 Å². The monoisotopic (exact) mass is 418 g/mol. The summed E-state index contributed by atoms with van der Waals surface area (Å²) in [6.07, 6.45) is 0.928. The van der Waals surface area contributed by atoms with Crippen LogP contribution in [0.5, 0.6) is 0 Å². The van der Waals surface area contributed by atoms with Gasteiger partial charge < -0.3 is 14.2 Å². The van der Waals surface area contributed by atoms with E-state index in [0.717, 1.165) is 10.6 Å². The molecule has 1 aromatic carbocycles. The van der Waals surface area contributed by atoms with Crippen molar-refractivity contribution >= 4 is 17.4 Å². The van der Waals surface area contributed by atoms with Crippen LogP contribution in [0.25, 0.3) is 0 Å². The van der Waals surface area contributed by atoms with Crippen LogP contribution in [0.4, 0.5) is 4.79 Å². The Morgan fingerprint density at radius 2 is 2.03 bits per heavy atom. The highest BCUT2D eigenvalue weighted by Crippen LogP contribution is 2.38. The van der Waals surface area contributed by atoms with Gasteiger partial charge in [0.15, 0.2) is 0 Å². The smallest absolute Gasteiger partial charge is 0.413 e. The first-order valence-electron chi connectivity index (χ1n) is 9.80. The maximum absolute atomic E-state index is 13.0. The molecule has 0 saturated carbocycles. The van der Waals surface area contributed by atoms with Gasteiger partial charge in [-0.3, -0.25) is 4.90 Å². The Labute approximate surface area is 176 Å². The topological polar surface area (TPSA) is 60.9 Å². The average molecular weight is 419 g/mol. The molecule has 0 aliphatic carbocycles. The van der Waals surface area contributed by atoms with Crippen LogP contribution >= 0.6 is 11.3 Å². The molecule has 1 aliphatic heterocycles. The van der Waals surface area contributed by atoms with Crippen molar-refractivity contribution < 1.29 is 19.0 Å². The molecule has 7 heteroatoms. The summed E-state index contributed by atoms with van der Waals surface area (Å²) in [5.41, 5.74) is 0.876. The molecule has 0 spiro atoms. The maximum atomic E-state index is 13.0. The van der Waals surface area contributed by atoms with E-state index in [2.05, 4.69) is 36.2 Å². The molecule has 1 amide bonds. The second-order valence-corrected chi connectivity index (χ2v) is 9.69. The molecule has 1 aliphatic rings. The number of thiazole rings is 1. The van der Waals surface area contributed by atoms with E-state index in [0.29, 0.717) is 13.2 Å². The fourth-order valence-corrected chi connectivity index (χ4v) is 4.06. The lowest BCUT2D eigenvalue weighted by Gasteiger charge is -2.37. The van der Waals surface area contributed by atoms with E-state index < -0.39 is 23.5 Å². The number of carbonyl (C=O) groups is 1. The SMILES string of the molecule is Cc1ccc(COC(c2nccs2)C2COC(C)(C)N2C(=O)OC(C)(C)C)cc1. The molecule has 158 valence electrons. The van der Waals surface area contributed by atoms with Gasteiger partial charge >= 0.3 is 6.09 Å². The van der Waals surface area contributed by atoms with Gasteiger partial charge in [0.05, 0.1) is 19.3 Å². The zero-order valence-corrected chi connectivity index (χ0v) is 18.8. The molecule has 0 N–H and O–H groups in total. The van der Waals surface area contributed by atoms with Gasteiger partial charge in [0, 0.05) is 11.6 Å². The zero-order chi connectivity index (χ0) is 21.2. The van der Waals surface area contributed by atoms with Crippen LogP contribution in [0.3, 0.4) is 0 Å². The number of hydrogen-bond acceptors (Lipinski definition) is 6. The van der Waals surface area contributed by atoms with Crippen molar-refractivity contribution in [3.05, 3.63) is 52.0 Å². The van der Waals surface area contributed by atoms with Crippen molar-refractivity contribution in [3.8, 4) is 0 Å². The number of nitrogens with zero attached hydrogens (tertiary/aromatic N) is 2. The van der Waals surface area contributed by atoms with Crippen molar-refractivity contribution in [3.63, 3.8) is 0 Å². The van der Waals surface area contributed by atoms with Gasteiger partial charge in [0.25, 0.3) is 0 Å². The number of benzene rings is 1. The Morgan fingerprint density at radius 1 is 1.34 bits per heavy atom. The summed E-state index contributed by atoms with van der Waals surface area (Å²) in [4.78, 5) is 19.1. The van der Waals surface area contributed by atoms with Crippen molar-refractivity contribution in [2.75, 3.05) is 6.61 Å². The average Bonchev–Trinajstić information content (AvgIpc) is 3.23. The van der Waals surface area contributed by atoms with Gasteiger partial charge in [0.1, 0.15) is 22.4 Å². The summed E-state index contributed by atoms with van der Waals surface area (Å²) < 4.78 is 18.0. The maximum Gasteiger partial charge on any atom is 0.413 e. The minimum Gasteiger partial charge on any atom is -0.444 e. The highest BCUT2D eigenvalue weighted by molar-refractivity contribution is 7.09. The number of amides is 1. The highest BCUT2D eigenvalue weighted by Gasteiger charge is 2.50. The molecule has 2 unspecified atom stereocenters. The van der Waals surface area contributed by atoms with E-state index >= 15 is 0 Å². The van der Waals surface area contributed by atoms with E-state index in [1.165, 1.54) is 16.9 Å². The predicted molar refractivity (Wildman–Crippen MR) is 113 cm³/mol. The number of hydrogen-bond donors (Lipinski definition) is 0. The fraction of sp³-hybridized carbons (Fsp3) is 0.545. The molecule has 2 heterocycles. The van der Waals surface area contributed by atoms with Gasteiger partial charge in [-0.25, -0.2) is 9.78 Å². The summed E-state index contributed by atoms with van der Waals surface area (Å²) in [5, 5.41) is 2.73. The van der Waals surface area contributed by atoms with Crippen LogP contribution in [-0.2, 0) is 20.8 Å². The Morgan fingerprint density at radius 3 is 2.62 bits per heavy atom. The van der Waals surface area contributed by atoms with Crippen molar-refractivity contribution in [2.45, 2.75) is 71.6 Å². The Bertz CT molecular complexity index is 812. The molecule has 0 bridgehead atoms. The van der Waals surface area contributed by atoms with Gasteiger partial charge in [-0.1, -0.05) is 29.8 Å². The summed E-state index contributed by atoms with van der Waals surface area (Å²) in [6, 6.07) is 7.89. The molecule has 2 atom stereocenters. The van der Waals surface area contributed by atoms with Crippen LogP contribution in [-0.4, -0.2) is 40.0 Å². The van der Waals surface area contributed by atoms with Crippen molar-refractivity contribution in [2.24, 2.45) is 0 Å². The van der Waals surface area contributed by atoms with Crippen molar-refractivity contribution in [1.82, 2.24) is 9.88 Å². The lowest BCUT2D eigenvalue weighted by Crippen LogP contribution is -2.51. The van der Waals surface area contributed by atoms with Gasteiger partial charge in [0.2, 0.25) is 0 Å². The van der Waals surface area contributed by atoms with Gasteiger partial charge in [-0.15, -0.1) is 11.3 Å². The lowest BCUT2D eigenvalue weighted by molar-refractivity contribution is -0.0744. The molecule has 1 fully saturated rings. The lowest BCUT2D eigenvalue weighted by atomic mass is 10.1. The Balaban J connectivity index is 1.85. The number of aryl methyl sites for hydroxylation is 1. The third-order valence-electron chi connectivity index (χ3n) is 4.70. The molecule has 0 radical (unpaired) electrons. The van der Waals surface area contributed by atoms with Gasteiger partial charge in [-0.2, -0.15) is 0 Å². The second-order valence-electron chi connectivity index (χ2n) is 8.76. The van der Waals surface area contributed by atoms with E-state index in [9.17, 15) is 4.79 Å². The number of carbonyl (C=O) groups excluding carboxylic acids is 1. The largest absolute Gasteiger partial charge is 0.444 e. The first kappa shape index (κ1) is 21.7. The van der Waals surface area contributed by atoms with Crippen LogP contribution in [0.15, 0.2) is 35.8 Å². The Kier molecular flexibility index (Phi) is 6.31. The molecular weight excluding hydrogens is 388 g/mol. The first-order valence-corrected chi connectivity index (χ1v) is 10.7. The standard InChI is InChI=1S/C22H30N2O4S/c1-15-7-9-16(10-8-15)13-26-18(19-23-11-12-29-19)17-14-27-22(5,6)24(17)20(25)28-21(2,3)4/h7-12,17-18H,13-14H2,1-6H3. The van der Waals surface area contributed by atoms with E-state index in [1.54, 1.807) is 11.1 Å². The third-order valence-corrected chi connectivity index (χ3v) is 5.54. The predicted octanol–water partition coefficient (Wildman–Crippen LogP) is 5.08. The van der Waals surface area contributed by atoms with E-state index in [1.807, 2.05) is 40.0 Å². The molecule has 6 nitrogen and oxygen atoms in total. The molecule has 29 heavy (non-hydrogen) atoms.